The van der Waals surface area contributed by atoms with Crippen LogP contribution in [0.15, 0.2) is 18.5 Å². The molecule has 1 aliphatic heterocycles. The highest BCUT2D eigenvalue weighted by Gasteiger charge is 2.45. The lowest BCUT2D eigenvalue weighted by molar-refractivity contribution is -0.131. The molecule has 0 radical (unpaired) electrons. The second-order valence-electron chi connectivity index (χ2n) is 6.78. The van der Waals surface area contributed by atoms with Crippen molar-refractivity contribution in [1.29, 1.82) is 0 Å². The fourth-order valence-electron chi connectivity index (χ4n) is 3.80. The van der Waals surface area contributed by atoms with Gasteiger partial charge in [-0.25, -0.2) is 9.97 Å². The van der Waals surface area contributed by atoms with Crippen LogP contribution in [0.25, 0.3) is 0 Å². The number of hydrogen-bond acceptors (Lipinski definition) is 5. The second-order valence-corrected chi connectivity index (χ2v) is 6.78. The highest BCUT2D eigenvalue weighted by Crippen LogP contribution is 2.36. The van der Waals surface area contributed by atoms with Crippen LogP contribution in [0, 0.1) is 5.41 Å². The molecule has 2 N–H and O–H groups in total. The molecule has 126 valence electrons. The van der Waals surface area contributed by atoms with Gasteiger partial charge in [0.25, 0.3) is 0 Å². The molecule has 1 amide bonds. The summed E-state index contributed by atoms with van der Waals surface area (Å²) in [6, 6.07) is 2.09. The van der Waals surface area contributed by atoms with Crippen molar-refractivity contribution in [3.63, 3.8) is 0 Å². The Morgan fingerprint density at radius 1 is 1.30 bits per heavy atom. The Morgan fingerprint density at radius 2 is 2.04 bits per heavy atom. The first-order chi connectivity index (χ1) is 11.2. The number of nitrogens with one attached hydrogen (secondary N) is 1. The van der Waals surface area contributed by atoms with Crippen molar-refractivity contribution >= 4 is 11.9 Å². The third kappa shape index (κ3) is 3.63. The summed E-state index contributed by atoms with van der Waals surface area (Å²) in [5.41, 5.74) is -0.522. The van der Waals surface area contributed by atoms with Crippen molar-refractivity contribution in [2.45, 2.75) is 51.0 Å². The van der Waals surface area contributed by atoms with Crippen LogP contribution in [-0.2, 0) is 4.79 Å². The van der Waals surface area contributed by atoms with Crippen molar-refractivity contribution in [2.75, 3.05) is 24.6 Å². The van der Waals surface area contributed by atoms with Gasteiger partial charge in [-0.1, -0.05) is 19.3 Å². The average molecular weight is 318 g/mol. The van der Waals surface area contributed by atoms with Crippen molar-refractivity contribution in [1.82, 2.24) is 15.3 Å². The number of aliphatic hydroxyl groups excluding tert-OH is 1. The number of carbonyl (C=O) groups is 1. The van der Waals surface area contributed by atoms with E-state index in [9.17, 15) is 9.90 Å². The zero-order chi connectivity index (χ0) is 16.1. The first kappa shape index (κ1) is 16.2. The number of anilines is 1. The normalized spacial score (nSPS) is 25.5. The van der Waals surface area contributed by atoms with Crippen molar-refractivity contribution in [3.8, 4) is 0 Å². The molecule has 2 heterocycles. The Morgan fingerprint density at radius 3 is 2.74 bits per heavy atom. The average Bonchev–Trinajstić information content (AvgIpc) is 3.03. The van der Waals surface area contributed by atoms with Crippen LogP contribution in [0.1, 0.15) is 44.9 Å². The van der Waals surface area contributed by atoms with E-state index in [0.29, 0.717) is 25.0 Å². The molecule has 6 heteroatoms. The number of aromatic nitrogens is 2. The maximum absolute atomic E-state index is 12.9. The van der Waals surface area contributed by atoms with Gasteiger partial charge in [0.1, 0.15) is 0 Å². The van der Waals surface area contributed by atoms with E-state index in [2.05, 4.69) is 20.2 Å². The van der Waals surface area contributed by atoms with Crippen LogP contribution in [0.4, 0.5) is 5.95 Å². The van der Waals surface area contributed by atoms with Crippen molar-refractivity contribution in [3.05, 3.63) is 18.5 Å². The van der Waals surface area contributed by atoms with E-state index in [1.54, 1.807) is 18.5 Å². The molecule has 1 atom stereocenters. The van der Waals surface area contributed by atoms with E-state index in [0.717, 1.165) is 25.8 Å². The summed E-state index contributed by atoms with van der Waals surface area (Å²) < 4.78 is 0. The zero-order valence-corrected chi connectivity index (χ0v) is 13.6. The molecular weight excluding hydrogens is 292 g/mol. The second kappa shape index (κ2) is 7.25. The molecule has 1 saturated heterocycles. The third-order valence-electron chi connectivity index (χ3n) is 5.20. The summed E-state index contributed by atoms with van der Waals surface area (Å²) in [5.74, 6) is 0.759. The third-order valence-corrected chi connectivity index (χ3v) is 5.20. The topological polar surface area (TPSA) is 78.4 Å². The zero-order valence-electron chi connectivity index (χ0n) is 13.6. The molecule has 2 fully saturated rings. The number of rotatable bonds is 5. The Bertz CT molecular complexity index is 519. The van der Waals surface area contributed by atoms with Crippen LogP contribution in [0.5, 0.6) is 0 Å². The number of carbonyl (C=O) groups excluding carboxylic acids is 1. The van der Waals surface area contributed by atoms with E-state index < -0.39 is 5.41 Å². The standard InChI is InChI=1S/C17H26N4O2/c22-12-8-17(15(23)20-14-5-2-1-3-6-14)7-11-21(13-17)16-18-9-4-10-19-16/h4,9-10,14,22H,1-3,5-8,11-13H2,(H,20,23). The van der Waals surface area contributed by atoms with Gasteiger partial charge in [0, 0.05) is 38.1 Å². The number of nitrogens with zero attached hydrogens (tertiary/aromatic N) is 3. The molecular formula is C17H26N4O2. The molecule has 1 aromatic heterocycles. The van der Waals surface area contributed by atoms with Crippen LogP contribution >= 0.6 is 0 Å². The maximum atomic E-state index is 12.9. The highest BCUT2D eigenvalue weighted by molar-refractivity contribution is 5.84. The van der Waals surface area contributed by atoms with Gasteiger partial charge in [-0.15, -0.1) is 0 Å². The number of aliphatic hydroxyl groups is 1. The van der Waals surface area contributed by atoms with Gasteiger partial charge in [-0.3, -0.25) is 4.79 Å². The SMILES string of the molecule is O=C(NC1CCCCC1)C1(CCO)CCN(c2ncccn2)C1. The number of amides is 1. The quantitative estimate of drug-likeness (QED) is 0.860. The minimum Gasteiger partial charge on any atom is -0.396 e. The summed E-state index contributed by atoms with van der Waals surface area (Å²) in [4.78, 5) is 23.5. The van der Waals surface area contributed by atoms with E-state index in [4.69, 9.17) is 0 Å². The highest BCUT2D eigenvalue weighted by atomic mass is 16.3. The molecule has 3 rings (SSSR count). The Hall–Kier alpha value is -1.69. The van der Waals surface area contributed by atoms with Crippen LogP contribution in [-0.4, -0.2) is 46.7 Å². The lowest BCUT2D eigenvalue weighted by Gasteiger charge is -2.31. The lowest BCUT2D eigenvalue weighted by atomic mass is 9.82. The van der Waals surface area contributed by atoms with Crippen LogP contribution < -0.4 is 10.2 Å². The summed E-state index contributed by atoms with van der Waals surface area (Å²) in [6.45, 7) is 1.36. The molecule has 0 bridgehead atoms. The molecule has 1 saturated carbocycles. The minimum absolute atomic E-state index is 0.0293. The van der Waals surface area contributed by atoms with Gasteiger partial charge >= 0.3 is 0 Å². The summed E-state index contributed by atoms with van der Waals surface area (Å²) in [5, 5.41) is 12.7. The van der Waals surface area contributed by atoms with E-state index in [-0.39, 0.29) is 12.5 Å². The van der Waals surface area contributed by atoms with Gasteiger partial charge in [0.2, 0.25) is 11.9 Å². The Kier molecular flexibility index (Phi) is 5.10. The smallest absolute Gasteiger partial charge is 0.228 e. The predicted octanol–water partition coefficient (Wildman–Crippen LogP) is 1.50. The van der Waals surface area contributed by atoms with Gasteiger partial charge in [0.15, 0.2) is 0 Å². The van der Waals surface area contributed by atoms with Gasteiger partial charge in [0.05, 0.1) is 5.41 Å². The largest absolute Gasteiger partial charge is 0.396 e. The first-order valence-corrected chi connectivity index (χ1v) is 8.67. The summed E-state index contributed by atoms with van der Waals surface area (Å²) in [7, 11) is 0. The molecule has 23 heavy (non-hydrogen) atoms. The van der Waals surface area contributed by atoms with Gasteiger partial charge in [-0.05, 0) is 31.7 Å². The van der Waals surface area contributed by atoms with E-state index in [1.807, 2.05) is 0 Å². The number of hydrogen-bond donors (Lipinski definition) is 2. The Labute approximate surface area is 137 Å². The van der Waals surface area contributed by atoms with Crippen LogP contribution in [0.2, 0.25) is 0 Å². The molecule has 1 aromatic rings. The molecule has 1 unspecified atom stereocenters. The summed E-state index contributed by atoms with van der Waals surface area (Å²) >= 11 is 0. The molecule has 0 spiro atoms. The fourth-order valence-corrected chi connectivity index (χ4v) is 3.80. The predicted molar refractivity (Wildman–Crippen MR) is 88.0 cm³/mol. The molecule has 6 nitrogen and oxygen atoms in total. The summed E-state index contributed by atoms with van der Waals surface area (Å²) in [6.07, 6.45) is 10.5. The molecule has 1 aliphatic carbocycles. The van der Waals surface area contributed by atoms with E-state index >= 15 is 0 Å². The minimum atomic E-state index is -0.522. The molecule has 0 aromatic carbocycles. The molecule has 2 aliphatic rings. The monoisotopic (exact) mass is 318 g/mol. The first-order valence-electron chi connectivity index (χ1n) is 8.67. The van der Waals surface area contributed by atoms with E-state index in [1.165, 1.54) is 19.3 Å². The fraction of sp³-hybridized carbons (Fsp3) is 0.706. The van der Waals surface area contributed by atoms with Gasteiger partial charge < -0.3 is 15.3 Å². The lowest BCUT2D eigenvalue weighted by Crippen LogP contribution is -2.48. The maximum Gasteiger partial charge on any atom is 0.228 e. The van der Waals surface area contributed by atoms with Crippen LogP contribution in [0.3, 0.4) is 0 Å². The van der Waals surface area contributed by atoms with Crippen molar-refractivity contribution < 1.29 is 9.90 Å². The Balaban J connectivity index is 1.68. The van der Waals surface area contributed by atoms with Gasteiger partial charge in [-0.2, -0.15) is 0 Å². The van der Waals surface area contributed by atoms with Crippen molar-refractivity contribution in [2.24, 2.45) is 5.41 Å².